The molecule has 6 heteroatoms. The van der Waals surface area contributed by atoms with Crippen LogP contribution in [-0.2, 0) is 9.59 Å². The second-order valence-corrected chi connectivity index (χ2v) is 5.31. The summed E-state index contributed by atoms with van der Waals surface area (Å²) in [4.78, 5) is 25.0. The molecule has 0 unspecified atom stereocenters. The van der Waals surface area contributed by atoms with Gasteiger partial charge in [0.05, 0.1) is 0 Å². The molecule has 0 fully saturated rings. The smallest absolute Gasteiger partial charge is 0.227 e. The predicted octanol–water partition coefficient (Wildman–Crippen LogP) is 2.21. The van der Waals surface area contributed by atoms with Crippen LogP contribution in [0.2, 0.25) is 0 Å². The van der Waals surface area contributed by atoms with E-state index >= 15 is 0 Å². The van der Waals surface area contributed by atoms with Gasteiger partial charge in [0.2, 0.25) is 11.8 Å². The van der Waals surface area contributed by atoms with Crippen LogP contribution >= 0.6 is 0 Å². The maximum absolute atomic E-state index is 11.8. The van der Waals surface area contributed by atoms with E-state index in [1.54, 1.807) is 17.9 Å². The van der Waals surface area contributed by atoms with Crippen LogP contribution in [0, 0.1) is 12.8 Å². The number of amides is 2. The molecule has 0 atom stereocenters. The summed E-state index contributed by atoms with van der Waals surface area (Å²) in [6.45, 7) is 8.61. The molecule has 0 saturated carbocycles. The third-order valence-corrected chi connectivity index (χ3v) is 2.93. The van der Waals surface area contributed by atoms with Crippen LogP contribution in [0.3, 0.4) is 0 Å². The van der Waals surface area contributed by atoms with E-state index < -0.39 is 0 Å². The van der Waals surface area contributed by atoms with Crippen molar-refractivity contribution in [2.75, 3.05) is 18.4 Å². The van der Waals surface area contributed by atoms with Crippen molar-refractivity contribution in [1.82, 2.24) is 10.1 Å². The first-order valence-electron chi connectivity index (χ1n) is 6.87. The maximum atomic E-state index is 11.8. The van der Waals surface area contributed by atoms with Crippen LogP contribution < -0.4 is 5.32 Å². The zero-order valence-corrected chi connectivity index (χ0v) is 12.6. The molecular formula is C14H23N3O3. The second kappa shape index (κ2) is 7.67. The van der Waals surface area contributed by atoms with E-state index in [1.807, 2.05) is 0 Å². The lowest BCUT2D eigenvalue weighted by atomic mass is 10.1. The Morgan fingerprint density at radius 1 is 1.40 bits per heavy atom. The minimum Gasteiger partial charge on any atom is -0.360 e. The van der Waals surface area contributed by atoms with Crippen molar-refractivity contribution < 1.29 is 14.1 Å². The topological polar surface area (TPSA) is 75.4 Å². The highest BCUT2D eigenvalue weighted by atomic mass is 16.5. The summed E-state index contributed by atoms with van der Waals surface area (Å²) in [5.74, 6) is 1.40. The van der Waals surface area contributed by atoms with Gasteiger partial charge < -0.3 is 14.7 Å². The van der Waals surface area contributed by atoms with Crippen LogP contribution in [0.25, 0.3) is 0 Å². The molecule has 6 nitrogen and oxygen atoms in total. The summed E-state index contributed by atoms with van der Waals surface area (Å²) in [6.07, 6.45) is 1.19. The van der Waals surface area contributed by atoms with Crippen LogP contribution in [0.5, 0.6) is 0 Å². The molecule has 1 N–H and O–H groups in total. The Morgan fingerprint density at radius 2 is 2.10 bits per heavy atom. The van der Waals surface area contributed by atoms with Gasteiger partial charge in [-0.05, 0) is 19.3 Å². The average molecular weight is 281 g/mol. The SMILES string of the molecule is CC(=O)N(CCC(=O)Nc1cc(C)on1)CCC(C)C. The van der Waals surface area contributed by atoms with Crippen molar-refractivity contribution in [3.05, 3.63) is 11.8 Å². The van der Waals surface area contributed by atoms with E-state index in [1.165, 1.54) is 6.92 Å². The van der Waals surface area contributed by atoms with Gasteiger partial charge in [0.1, 0.15) is 5.76 Å². The third-order valence-electron chi connectivity index (χ3n) is 2.93. The van der Waals surface area contributed by atoms with Crippen molar-refractivity contribution in [2.24, 2.45) is 5.92 Å². The van der Waals surface area contributed by atoms with E-state index in [2.05, 4.69) is 24.3 Å². The molecule has 0 aliphatic heterocycles. The van der Waals surface area contributed by atoms with Gasteiger partial charge >= 0.3 is 0 Å². The molecule has 0 saturated heterocycles. The van der Waals surface area contributed by atoms with Crippen LogP contribution in [0.4, 0.5) is 5.82 Å². The normalized spacial score (nSPS) is 10.7. The Hall–Kier alpha value is -1.85. The minimum absolute atomic E-state index is 0.00395. The van der Waals surface area contributed by atoms with Crippen molar-refractivity contribution in [3.8, 4) is 0 Å². The summed E-state index contributed by atoms with van der Waals surface area (Å²) in [6, 6.07) is 1.65. The molecule has 0 aliphatic rings. The van der Waals surface area contributed by atoms with Crippen molar-refractivity contribution in [1.29, 1.82) is 0 Å². The highest BCUT2D eigenvalue weighted by Crippen LogP contribution is 2.08. The number of hydrogen-bond acceptors (Lipinski definition) is 4. The lowest BCUT2D eigenvalue weighted by molar-refractivity contribution is -0.129. The Labute approximate surface area is 119 Å². The lowest BCUT2D eigenvalue weighted by Crippen LogP contribution is -2.33. The first kappa shape index (κ1) is 16.2. The van der Waals surface area contributed by atoms with Gasteiger partial charge in [-0.25, -0.2) is 0 Å². The number of nitrogens with one attached hydrogen (secondary N) is 1. The third kappa shape index (κ3) is 5.86. The van der Waals surface area contributed by atoms with Gasteiger partial charge in [-0.15, -0.1) is 0 Å². The standard InChI is InChI=1S/C14H23N3O3/c1-10(2)5-7-17(12(4)18)8-6-14(19)15-13-9-11(3)20-16-13/h9-10H,5-8H2,1-4H3,(H,15,16,19). The quantitative estimate of drug-likeness (QED) is 0.831. The van der Waals surface area contributed by atoms with E-state index in [0.29, 0.717) is 30.6 Å². The minimum atomic E-state index is -0.172. The number of nitrogens with zero attached hydrogens (tertiary/aromatic N) is 2. The number of rotatable bonds is 7. The van der Waals surface area contributed by atoms with Crippen LogP contribution in [0.1, 0.15) is 39.4 Å². The Morgan fingerprint density at radius 3 is 2.60 bits per heavy atom. The number of anilines is 1. The summed E-state index contributed by atoms with van der Waals surface area (Å²) in [5, 5.41) is 6.33. The van der Waals surface area contributed by atoms with Gasteiger partial charge in [-0.1, -0.05) is 19.0 Å². The summed E-state index contributed by atoms with van der Waals surface area (Å²) < 4.78 is 4.86. The van der Waals surface area contributed by atoms with Crippen LogP contribution in [-0.4, -0.2) is 35.0 Å². The molecule has 0 bridgehead atoms. The molecule has 112 valence electrons. The summed E-state index contributed by atoms with van der Waals surface area (Å²) in [7, 11) is 0. The Bertz CT molecular complexity index is 454. The molecule has 1 heterocycles. The zero-order valence-electron chi connectivity index (χ0n) is 12.6. The monoisotopic (exact) mass is 281 g/mol. The highest BCUT2D eigenvalue weighted by molar-refractivity contribution is 5.90. The number of aromatic nitrogens is 1. The van der Waals surface area contributed by atoms with E-state index in [0.717, 1.165) is 6.42 Å². The van der Waals surface area contributed by atoms with Gasteiger partial charge in [0, 0.05) is 32.5 Å². The number of aryl methyl sites for hydroxylation is 1. The Balaban J connectivity index is 2.38. The Kier molecular flexibility index (Phi) is 6.21. The largest absolute Gasteiger partial charge is 0.360 e. The van der Waals surface area contributed by atoms with Gasteiger partial charge in [0.15, 0.2) is 5.82 Å². The van der Waals surface area contributed by atoms with Crippen LogP contribution in [0.15, 0.2) is 10.6 Å². The predicted molar refractivity (Wildman–Crippen MR) is 76.2 cm³/mol. The summed E-state index contributed by atoms with van der Waals surface area (Å²) >= 11 is 0. The highest BCUT2D eigenvalue weighted by Gasteiger charge is 2.12. The molecule has 1 aromatic rings. The number of hydrogen-bond donors (Lipinski definition) is 1. The lowest BCUT2D eigenvalue weighted by Gasteiger charge is -2.21. The fourth-order valence-electron chi connectivity index (χ4n) is 1.71. The van der Waals surface area contributed by atoms with Gasteiger partial charge in [0.25, 0.3) is 0 Å². The molecule has 20 heavy (non-hydrogen) atoms. The number of carbonyl (C=O) groups excluding carboxylic acids is 2. The fraction of sp³-hybridized carbons (Fsp3) is 0.643. The van der Waals surface area contributed by atoms with Crippen molar-refractivity contribution in [3.63, 3.8) is 0 Å². The second-order valence-electron chi connectivity index (χ2n) is 5.31. The van der Waals surface area contributed by atoms with E-state index in [4.69, 9.17) is 4.52 Å². The molecule has 1 rings (SSSR count). The molecule has 0 radical (unpaired) electrons. The molecule has 1 aromatic heterocycles. The van der Waals surface area contributed by atoms with Gasteiger partial charge in [-0.2, -0.15) is 0 Å². The first-order valence-corrected chi connectivity index (χ1v) is 6.87. The van der Waals surface area contributed by atoms with E-state index in [-0.39, 0.29) is 18.2 Å². The molecule has 0 aliphatic carbocycles. The average Bonchev–Trinajstić information content (AvgIpc) is 2.73. The molecule has 0 spiro atoms. The summed E-state index contributed by atoms with van der Waals surface area (Å²) in [5.41, 5.74) is 0. The molecule has 0 aromatic carbocycles. The van der Waals surface area contributed by atoms with Crippen molar-refractivity contribution in [2.45, 2.75) is 40.5 Å². The molecule has 2 amide bonds. The molecular weight excluding hydrogens is 258 g/mol. The number of carbonyl (C=O) groups is 2. The first-order chi connectivity index (χ1) is 9.38. The van der Waals surface area contributed by atoms with Crippen molar-refractivity contribution >= 4 is 17.6 Å². The fourth-order valence-corrected chi connectivity index (χ4v) is 1.71. The zero-order chi connectivity index (χ0) is 15.1. The maximum Gasteiger partial charge on any atom is 0.227 e. The van der Waals surface area contributed by atoms with E-state index in [9.17, 15) is 9.59 Å². The van der Waals surface area contributed by atoms with Gasteiger partial charge in [-0.3, -0.25) is 9.59 Å².